The monoisotopic (exact) mass is 530 g/mol. The zero-order valence-electron chi connectivity index (χ0n) is 22.0. The number of aromatic nitrogens is 1. The Kier molecular flexibility index (Phi) is 5.59. The number of carbonyl (C=O) groups excluding carboxylic acids is 1. The van der Waals surface area contributed by atoms with Crippen LogP contribution in [-0.4, -0.2) is 15.7 Å². The third-order valence-corrected chi connectivity index (χ3v) is 7.77. The van der Waals surface area contributed by atoms with Gasteiger partial charge in [0.25, 0.3) is 5.69 Å². The molecule has 2 aliphatic rings. The normalized spacial score (nSPS) is 17.8. The first-order valence-corrected chi connectivity index (χ1v) is 12.9. The lowest BCUT2D eigenvalue weighted by molar-refractivity contribution is -0.384. The molecule has 1 aliphatic carbocycles. The van der Waals surface area contributed by atoms with Gasteiger partial charge in [-0.05, 0) is 28.9 Å². The van der Waals surface area contributed by atoms with E-state index in [0.717, 1.165) is 22.2 Å². The maximum Gasteiger partial charge on any atom is 0.269 e. The number of allylic oxidation sites excluding steroid dienone is 2. The number of pyridine rings is 1. The van der Waals surface area contributed by atoms with Crippen LogP contribution in [0.15, 0.2) is 78.0 Å². The number of hydrogen-bond donors (Lipinski definition) is 2. The number of benzene rings is 3. The molecule has 4 N–H and O–H groups in total. The molecule has 0 saturated carbocycles. The number of nitro groups is 1. The molecule has 0 bridgehead atoms. The molecule has 0 amide bonds. The summed E-state index contributed by atoms with van der Waals surface area (Å²) < 4.78 is 0. The first-order valence-electron chi connectivity index (χ1n) is 12.9. The quantitative estimate of drug-likeness (QED) is 0.238. The highest BCUT2D eigenvalue weighted by molar-refractivity contribution is 6.06. The second-order valence-corrected chi connectivity index (χ2v) is 11.1. The minimum absolute atomic E-state index is 0.0136. The summed E-state index contributed by atoms with van der Waals surface area (Å²) in [4.78, 5) is 32.0. The van der Waals surface area contributed by atoms with E-state index in [9.17, 15) is 20.2 Å². The molecule has 40 heavy (non-hydrogen) atoms. The number of nitro benzene ring substituents is 1. The molecular weight excluding hydrogens is 504 g/mol. The highest BCUT2D eigenvalue weighted by Crippen LogP contribution is 2.56. The lowest BCUT2D eigenvalue weighted by atomic mass is 9.68. The molecule has 9 nitrogen and oxygen atoms in total. The molecule has 0 saturated heterocycles. The lowest BCUT2D eigenvalue weighted by Crippen LogP contribution is -2.39. The van der Waals surface area contributed by atoms with Crippen molar-refractivity contribution in [2.45, 2.75) is 32.6 Å². The van der Waals surface area contributed by atoms with Gasteiger partial charge in [0.05, 0.1) is 16.3 Å². The summed E-state index contributed by atoms with van der Waals surface area (Å²) in [6.45, 7) is 4.09. The van der Waals surface area contributed by atoms with Crippen LogP contribution in [0, 0.1) is 26.9 Å². The van der Waals surface area contributed by atoms with Crippen molar-refractivity contribution < 1.29 is 9.72 Å². The predicted octanol–water partition coefficient (Wildman–Crippen LogP) is 6.11. The van der Waals surface area contributed by atoms with E-state index >= 15 is 0 Å². The number of Topliss-reactive ketones (excluding diaryl/α,β-unsaturated/α-hetero) is 1. The van der Waals surface area contributed by atoms with Gasteiger partial charge in [-0.25, -0.2) is 4.98 Å². The van der Waals surface area contributed by atoms with Crippen molar-refractivity contribution in [2.24, 2.45) is 5.41 Å². The fourth-order valence-electron chi connectivity index (χ4n) is 6.11. The fraction of sp³-hybridized carbons (Fsp3) is 0.194. The Balaban J connectivity index is 1.77. The molecule has 4 aromatic rings. The van der Waals surface area contributed by atoms with E-state index in [1.807, 2.05) is 61.2 Å². The number of ketones is 1. The summed E-state index contributed by atoms with van der Waals surface area (Å²) >= 11 is 0. The van der Waals surface area contributed by atoms with Crippen molar-refractivity contribution >= 4 is 45.3 Å². The van der Waals surface area contributed by atoms with Crippen molar-refractivity contribution in [2.75, 3.05) is 16.4 Å². The number of nitrogens with zero attached hydrogens (tertiary/aromatic N) is 4. The summed E-state index contributed by atoms with van der Waals surface area (Å²) in [5.41, 5.74) is 15.6. The summed E-state index contributed by atoms with van der Waals surface area (Å²) in [7, 11) is 0. The Bertz CT molecular complexity index is 1830. The van der Waals surface area contributed by atoms with Crippen molar-refractivity contribution in [3.8, 4) is 6.07 Å². The van der Waals surface area contributed by atoms with E-state index in [-0.39, 0.29) is 34.0 Å². The zero-order valence-corrected chi connectivity index (χ0v) is 22.0. The number of nitriles is 1. The minimum atomic E-state index is -0.764. The Labute approximate surface area is 230 Å². The van der Waals surface area contributed by atoms with Gasteiger partial charge in [0.2, 0.25) is 0 Å². The molecule has 0 fully saturated rings. The number of carbonyl (C=O) groups is 1. The third kappa shape index (κ3) is 3.76. The van der Waals surface area contributed by atoms with Gasteiger partial charge in [-0.1, -0.05) is 62.4 Å². The van der Waals surface area contributed by atoms with Crippen LogP contribution in [0.4, 0.5) is 28.7 Å². The maximum atomic E-state index is 14.1. The predicted molar refractivity (Wildman–Crippen MR) is 154 cm³/mol. The molecule has 0 radical (unpaired) electrons. The van der Waals surface area contributed by atoms with Gasteiger partial charge in [0.15, 0.2) is 5.78 Å². The number of rotatable bonds is 3. The van der Waals surface area contributed by atoms with Gasteiger partial charge < -0.3 is 11.5 Å². The van der Waals surface area contributed by atoms with Crippen LogP contribution in [0.5, 0.6) is 0 Å². The Morgan fingerprint density at radius 3 is 2.55 bits per heavy atom. The van der Waals surface area contributed by atoms with E-state index in [1.165, 1.54) is 12.1 Å². The van der Waals surface area contributed by atoms with Crippen LogP contribution in [0.1, 0.15) is 49.3 Å². The van der Waals surface area contributed by atoms with Gasteiger partial charge >= 0.3 is 0 Å². The number of hydrogen-bond acceptors (Lipinski definition) is 8. The van der Waals surface area contributed by atoms with Crippen molar-refractivity contribution in [1.29, 1.82) is 5.26 Å². The first kappa shape index (κ1) is 25.1. The number of fused-ring (bicyclic) bond motifs is 2. The van der Waals surface area contributed by atoms with Gasteiger partial charge in [-0.3, -0.25) is 19.8 Å². The number of non-ortho nitro benzene ring substituents is 1. The van der Waals surface area contributed by atoms with Crippen LogP contribution >= 0.6 is 0 Å². The van der Waals surface area contributed by atoms with Gasteiger partial charge in [-0.2, -0.15) is 5.26 Å². The van der Waals surface area contributed by atoms with Crippen LogP contribution < -0.4 is 16.4 Å². The molecule has 1 aliphatic heterocycles. The zero-order chi connectivity index (χ0) is 28.3. The van der Waals surface area contributed by atoms with Crippen molar-refractivity contribution in [3.63, 3.8) is 0 Å². The average Bonchev–Trinajstić information content (AvgIpc) is 2.91. The van der Waals surface area contributed by atoms with E-state index in [4.69, 9.17) is 16.5 Å². The van der Waals surface area contributed by atoms with Crippen LogP contribution in [0.25, 0.3) is 10.8 Å². The van der Waals surface area contributed by atoms with Gasteiger partial charge in [0, 0.05) is 46.7 Å². The average molecular weight is 531 g/mol. The van der Waals surface area contributed by atoms with Crippen molar-refractivity contribution in [1.82, 2.24) is 4.98 Å². The van der Waals surface area contributed by atoms with E-state index in [0.29, 0.717) is 35.4 Å². The highest BCUT2D eigenvalue weighted by Gasteiger charge is 2.46. The molecule has 6 rings (SSSR count). The van der Waals surface area contributed by atoms with Crippen LogP contribution in [0.2, 0.25) is 0 Å². The molecule has 198 valence electrons. The van der Waals surface area contributed by atoms with E-state index in [2.05, 4.69) is 6.07 Å². The number of nitrogens with two attached hydrogens (primary N) is 2. The summed E-state index contributed by atoms with van der Waals surface area (Å²) in [5, 5.41) is 23.6. The Morgan fingerprint density at radius 2 is 1.80 bits per heavy atom. The summed E-state index contributed by atoms with van der Waals surface area (Å²) in [6.07, 6.45) is 0.840. The number of anilines is 4. The molecule has 0 spiro atoms. The maximum absolute atomic E-state index is 14.1. The molecule has 1 atom stereocenters. The second kappa shape index (κ2) is 8.92. The molecule has 3 aromatic carbocycles. The topological polar surface area (TPSA) is 152 Å². The fourth-order valence-corrected chi connectivity index (χ4v) is 6.11. The Hall–Kier alpha value is -5.23. The summed E-state index contributed by atoms with van der Waals surface area (Å²) in [5.74, 6) is -0.452. The van der Waals surface area contributed by atoms with Crippen molar-refractivity contribution in [3.05, 3.63) is 105 Å². The molecule has 2 heterocycles. The van der Waals surface area contributed by atoms with Crippen LogP contribution in [0.3, 0.4) is 0 Å². The lowest BCUT2D eigenvalue weighted by Gasteiger charge is -2.45. The smallest absolute Gasteiger partial charge is 0.269 e. The van der Waals surface area contributed by atoms with Gasteiger partial charge in [-0.15, -0.1) is 0 Å². The molecule has 1 aromatic heterocycles. The largest absolute Gasteiger partial charge is 0.397 e. The highest BCUT2D eigenvalue weighted by atomic mass is 16.6. The minimum Gasteiger partial charge on any atom is -0.397 e. The first-order chi connectivity index (χ1) is 19.1. The molecule has 0 unspecified atom stereocenters. The van der Waals surface area contributed by atoms with Gasteiger partial charge in [0.1, 0.15) is 23.3 Å². The molecule has 9 heteroatoms. The van der Waals surface area contributed by atoms with E-state index in [1.54, 1.807) is 12.1 Å². The van der Waals surface area contributed by atoms with Crippen LogP contribution in [-0.2, 0) is 4.79 Å². The standard InChI is InChI=1S/C31H26N6O3/c1-31(2)14-23-26(24(38)15-31)25(18-9-5-10-19(13-18)37(39)40)27-28(33)21(16-32)29(34)35-30(27)36(23)22-12-6-8-17-7-3-4-11-20(17)22/h3-13,25H,14-15H2,1-2H3,(H4,33,34,35)/t25-/m0/s1. The third-order valence-electron chi connectivity index (χ3n) is 7.77. The molecular formula is C31H26N6O3. The second-order valence-electron chi connectivity index (χ2n) is 11.1. The number of nitrogen functional groups attached to an aromatic ring is 2. The summed E-state index contributed by atoms with van der Waals surface area (Å²) in [6, 6.07) is 22.1. The van der Waals surface area contributed by atoms with E-state index < -0.39 is 10.8 Å². The SMILES string of the molecule is CC1(C)CC(=O)C2=C(C1)N(c1cccc3ccccc13)c1nc(N)c(C#N)c(N)c1[C@H]2c1cccc([N+](=O)[O-])c1. The Morgan fingerprint density at radius 1 is 1.07 bits per heavy atom.